The lowest BCUT2D eigenvalue weighted by atomic mass is 9.98. The summed E-state index contributed by atoms with van der Waals surface area (Å²) in [5.41, 5.74) is -0.492. The Morgan fingerprint density at radius 2 is 1.82 bits per heavy atom. The Balaban J connectivity index is 1.44. The highest BCUT2D eigenvalue weighted by Crippen LogP contribution is 2.35. The van der Waals surface area contributed by atoms with Gasteiger partial charge in [-0.2, -0.15) is 4.31 Å². The maximum absolute atomic E-state index is 13.3. The zero-order valence-corrected chi connectivity index (χ0v) is 20.3. The molecule has 0 atom stereocenters. The number of hydrogen-bond acceptors (Lipinski definition) is 6. The van der Waals surface area contributed by atoms with Crippen molar-refractivity contribution < 1.29 is 27.5 Å². The number of carbonyl (C=O) groups excluding carboxylic acids is 3. The lowest BCUT2D eigenvalue weighted by molar-refractivity contribution is -0.131. The average Bonchev–Trinajstić information content (AvgIpc) is 3.38. The van der Waals surface area contributed by atoms with Crippen LogP contribution in [-0.4, -0.2) is 67.2 Å². The Bertz CT molecular complexity index is 1060. The highest BCUT2D eigenvalue weighted by atomic mass is 32.2. The third-order valence-electron chi connectivity index (χ3n) is 6.73. The number of amides is 4. The summed E-state index contributed by atoms with van der Waals surface area (Å²) in [5, 5.41) is 5.49. The number of benzene rings is 1. The highest BCUT2D eigenvalue weighted by Gasteiger charge is 2.52. The van der Waals surface area contributed by atoms with Gasteiger partial charge in [-0.1, -0.05) is 19.3 Å². The largest absolute Gasteiger partial charge is 0.492 e. The number of anilines is 1. The van der Waals surface area contributed by atoms with E-state index in [0.29, 0.717) is 38.2 Å². The molecule has 1 saturated carbocycles. The van der Waals surface area contributed by atoms with Gasteiger partial charge in [0.2, 0.25) is 15.9 Å². The summed E-state index contributed by atoms with van der Waals surface area (Å²) in [6.45, 7) is 2.96. The molecule has 0 aromatic heterocycles. The number of carbonyl (C=O) groups is 3. The van der Waals surface area contributed by atoms with Crippen LogP contribution in [0.3, 0.4) is 0 Å². The first kappa shape index (κ1) is 24.5. The van der Waals surface area contributed by atoms with Crippen molar-refractivity contribution in [3.8, 4) is 5.75 Å². The quantitative estimate of drug-likeness (QED) is 0.537. The molecule has 10 nitrogen and oxygen atoms in total. The molecule has 186 valence electrons. The van der Waals surface area contributed by atoms with Crippen LogP contribution in [0, 0.1) is 0 Å². The van der Waals surface area contributed by atoms with Gasteiger partial charge in [-0.3, -0.25) is 14.5 Å². The maximum atomic E-state index is 13.3. The topological polar surface area (TPSA) is 125 Å². The maximum Gasteiger partial charge on any atom is 0.325 e. The zero-order chi connectivity index (χ0) is 24.3. The number of ether oxygens (including phenoxy) is 1. The average molecular weight is 493 g/mol. The molecule has 2 N–H and O–H groups in total. The smallest absolute Gasteiger partial charge is 0.325 e. The van der Waals surface area contributed by atoms with Crippen LogP contribution in [0.1, 0.15) is 58.3 Å². The summed E-state index contributed by atoms with van der Waals surface area (Å²) in [6.07, 6.45) is 5.56. The molecule has 1 aliphatic carbocycles. The molecule has 0 bridgehead atoms. The molecule has 1 aromatic carbocycles. The Labute approximate surface area is 200 Å². The number of nitrogens with zero attached hydrogens (tertiary/aromatic N) is 2. The van der Waals surface area contributed by atoms with Gasteiger partial charge in [-0.05, 0) is 50.8 Å². The minimum absolute atomic E-state index is 0.0197. The van der Waals surface area contributed by atoms with Gasteiger partial charge < -0.3 is 15.4 Å². The van der Waals surface area contributed by atoms with Crippen molar-refractivity contribution >= 4 is 33.6 Å². The van der Waals surface area contributed by atoms with E-state index >= 15 is 0 Å². The van der Waals surface area contributed by atoms with E-state index in [1.165, 1.54) is 16.4 Å². The van der Waals surface area contributed by atoms with E-state index in [-0.39, 0.29) is 29.5 Å². The lowest BCUT2D eigenvalue weighted by Crippen LogP contribution is -2.44. The summed E-state index contributed by atoms with van der Waals surface area (Å²) in [4.78, 5) is 38.8. The van der Waals surface area contributed by atoms with Crippen LogP contribution in [0.4, 0.5) is 10.5 Å². The SMILES string of the molecule is CCOc1ccc(NC(=O)CCN2C(=O)NC3(CCCC3)C2=O)cc1S(=O)(=O)N1CCCCC1. The molecule has 3 fully saturated rings. The molecule has 0 radical (unpaired) electrons. The van der Waals surface area contributed by atoms with Crippen LogP contribution in [0.2, 0.25) is 0 Å². The zero-order valence-electron chi connectivity index (χ0n) is 19.5. The summed E-state index contributed by atoms with van der Waals surface area (Å²) in [6, 6.07) is 4.07. The Kier molecular flexibility index (Phi) is 7.13. The van der Waals surface area contributed by atoms with Gasteiger partial charge in [-0.25, -0.2) is 13.2 Å². The first-order valence-electron chi connectivity index (χ1n) is 12.0. The predicted octanol–water partition coefficient (Wildman–Crippen LogP) is 2.45. The van der Waals surface area contributed by atoms with Crippen molar-refractivity contribution in [3.63, 3.8) is 0 Å². The second-order valence-corrected chi connectivity index (χ2v) is 10.9. The third kappa shape index (κ3) is 4.76. The van der Waals surface area contributed by atoms with Gasteiger partial charge in [0.25, 0.3) is 5.91 Å². The van der Waals surface area contributed by atoms with Gasteiger partial charge in [-0.15, -0.1) is 0 Å². The fraction of sp³-hybridized carbons (Fsp3) is 0.609. The fourth-order valence-corrected chi connectivity index (χ4v) is 6.61. The van der Waals surface area contributed by atoms with Crippen molar-refractivity contribution in [2.75, 3.05) is 31.6 Å². The molecule has 4 rings (SSSR count). The van der Waals surface area contributed by atoms with Crippen molar-refractivity contribution in [2.45, 2.75) is 68.7 Å². The van der Waals surface area contributed by atoms with Crippen molar-refractivity contribution in [1.82, 2.24) is 14.5 Å². The standard InChI is InChI=1S/C23H32N4O6S/c1-2-33-18-9-8-17(16-19(18)34(31,32)26-13-6-3-7-14-26)24-20(28)10-15-27-21(29)23(25-22(27)30)11-4-5-12-23/h8-9,16H,2-7,10-15H2,1H3,(H,24,28)(H,25,30). The fourth-order valence-electron chi connectivity index (χ4n) is 4.94. The van der Waals surface area contributed by atoms with Gasteiger partial charge in [0.1, 0.15) is 16.2 Å². The van der Waals surface area contributed by atoms with Crippen molar-refractivity contribution in [1.29, 1.82) is 0 Å². The second-order valence-electron chi connectivity index (χ2n) is 9.03. The van der Waals surface area contributed by atoms with Crippen LogP contribution in [0.5, 0.6) is 5.75 Å². The monoisotopic (exact) mass is 492 g/mol. The van der Waals surface area contributed by atoms with Crippen molar-refractivity contribution in [2.24, 2.45) is 0 Å². The normalized spacial score (nSPS) is 20.6. The van der Waals surface area contributed by atoms with Gasteiger partial charge in [0.05, 0.1) is 6.61 Å². The van der Waals surface area contributed by atoms with Crippen LogP contribution in [-0.2, 0) is 19.6 Å². The van der Waals surface area contributed by atoms with E-state index in [9.17, 15) is 22.8 Å². The first-order valence-corrected chi connectivity index (χ1v) is 13.4. The molecule has 4 amide bonds. The molecule has 1 aromatic rings. The van der Waals surface area contributed by atoms with Gasteiger partial charge >= 0.3 is 6.03 Å². The Morgan fingerprint density at radius 1 is 1.12 bits per heavy atom. The number of hydrogen-bond donors (Lipinski definition) is 2. The number of nitrogens with one attached hydrogen (secondary N) is 2. The first-order chi connectivity index (χ1) is 16.3. The minimum Gasteiger partial charge on any atom is -0.492 e. The number of rotatable bonds is 8. The molecule has 2 saturated heterocycles. The van der Waals surface area contributed by atoms with E-state index in [0.717, 1.165) is 37.0 Å². The molecule has 11 heteroatoms. The van der Waals surface area contributed by atoms with Crippen LogP contribution < -0.4 is 15.4 Å². The molecule has 0 unspecified atom stereocenters. The van der Waals surface area contributed by atoms with Crippen molar-refractivity contribution in [3.05, 3.63) is 18.2 Å². The molecule has 2 aliphatic heterocycles. The molecular weight excluding hydrogens is 460 g/mol. The van der Waals surface area contributed by atoms with Gasteiger partial charge in [0.15, 0.2) is 0 Å². The summed E-state index contributed by atoms with van der Waals surface area (Å²) < 4.78 is 33.5. The molecule has 2 heterocycles. The van der Waals surface area contributed by atoms with E-state index < -0.39 is 27.5 Å². The second kappa shape index (κ2) is 9.91. The van der Waals surface area contributed by atoms with Crippen LogP contribution >= 0.6 is 0 Å². The Hall–Kier alpha value is -2.66. The van der Waals surface area contributed by atoms with Crippen LogP contribution in [0.25, 0.3) is 0 Å². The molecular formula is C23H32N4O6S. The predicted molar refractivity (Wildman–Crippen MR) is 125 cm³/mol. The lowest BCUT2D eigenvalue weighted by Gasteiger charge is -2.27. The Morgan fingerprint density at radius 3 is 2.50 bits per heavy atom. The number of imide groups is 1. The third-order valence-corrected chi connectivity index (χ3v) is 8.65. The van der Waals surface area contributed by atoms with Gasteiger partial charge in [0, 0.05) is 31.7 Å². The summed E-state index contributed by atoms with van der Waals surface area (Å²) >= 11 is 0. The molecule has 1 spiro atoms. The molecule has 34 heavy (non-hydrogen) atoms. The highest BCUT2D eigenvalue weighted by molar-refractivity contribution is 7.89. The summed E-state index contributed by atoms with van der Waals surface area (Å²) in [5.74, 6) is -0.440. The molecule has 3 aliphatic rings. The van der Waals surface area contributed by atoms with E-state index in [1.807, 2.05) is 0 Å². The number of urea groups is 1. The van der Waals surface area contributed by atoms with E-state index in [2.05, 4.69) is 10.6 Å². The van der Waals surface area contributed by atoms with E-state index in [1.54, 1.807) is 13.0 Å². The number of sulfonamides is 1. The minimum atomic E-state index is -3.77. The summed E-state index contributed by atoms with van der Waals surface area (Å²) in [7, 11) is -3.77. The van der Waals surface area contributed by atoms with E-state index in [4.69, 9.17) is 4.74 Å². The number of piperidine rings is 1. The van der Waals surface area contributed by atoms with Crippen LogP contribution in [0.15, 0.2) is 23.1 Å².